The third kappa shape index (κ3) is 2.25. The minimum atomic E-state index is -0.386. The number of fused-ring (bicyclic) bond motifs is 1. The number of nitrogens with two attached hydrogens (primary N) is 1. The highest BCUT2D eigenvalue weighted by Crippen LogP contribution is 2.38. The summed E-state index contributed by atoms with van der Waals surface area (Å²) >= 11 is 0. The molecular weight excluding hydrogens is 226 g/mol. The molecule has 1 aromatic carbocycles. The maximum absolute atomic E-state index is 5.89. The van der Waals surface area contributed by atoms with E-state index < -0.39 is 0 Å². The molecular formula is C12H18ClNO2. The summed E-state index contributed by atoms with van der Waals surface area (Å²) in [4.78, 5) is 0. The molecule has 1 aromatic rings. The number of hydrogen-bond acceptors (Lipinski definition) is 3. The van der Waals surface area contributed by atoms with Crippen molar-refractivity contribution < 1.29 is 9.47 Å². The van der Waals surface area contributed by atoms with Gasteiger partial charge >= 0.3 is 0 Å². The third-order valence-corrected chi connectivity index (χ3v) is 2.64. The van der Waals surface area contributed by atoms with Gasteiger partial charge in [0, 0.05) is 6.04 Å². The van der Waals surface area contributed by atoms with Gasteiger partial charge in [-0.15, -0.1) is 12.4 Å². The van der Waals surface area contributed by atoms with Crippen molar-refractivity contribution in [1.29, 1.82) is 0 Å². The summed E-state index contributed by atoms with van der Waals surface area (Å²) < 4.78 is 11.7. The highest BCUT2D eigenvalue weighted by Gasteiger charge is 2.40. The maximum Gasteiger partial charge on any atom is 0.162 e. The highest BCUT2D eigenvalue weighted by atomic mass is 35.5. The lowest BCUT2D eigenvalue weighted by Gasteiger charge is -2.41. The van der Waals surface area contributed by atoms with Crippen molar-refractivity contribution in [2.45, 2.75) is 38.5 Å². The van der Waals surface area contributed by atoms with E-state index in [1.807, 2.05) is 45.0 Å². The topological polar surface area (TPSA) is 44.5 Å². The van der Waals surface area contributed by atoms with E-state index in [0.717, 1.165) is 11.5 Å². The lowest BCUT2D eigenvalue weighted by Crippen LogP contribution is -2.56. The van der Waals surface area contributed by atoms with Gasteiger partial charge in [-0.3, -0.25) is 0 Å². The zero-order valence-electron chi connectivity index (χ0n) is 9.77. The van der Waals surface area contributed by atoms with E-state index in [1.165, 1.54) is 0 Å². The molecule has 2 N–H and O–H groups in total. The molecule has 1 heterocycles. The molecule has 0 aliphatic carbocycles. The summed E-state index contributed by atoms with van der Waals surface area (Å²) in [6.07, 6.45) is -0.118. The Morgan fingerprint density at radius 1 is 1.25 bits per heavy atom. The Kier molecular flexibility index (Phi) is 3.71. The average molecular weight is 244 g/mol. The van der Waals surface area contributed by atoms with Crippen molar-refractivity contribution in [2.24, 2.45) is 5.73 Å². The summed E-state index contributed by atoms with van der Waals surface area (Å²) in [5.74, 6) is 1.57. The van der Waals surface area contributed by atoms with Crippen molar-refractivity contribution in [1.82, 2.24) is 0 Å². The minimum Gasteiger partial charge on any atom is -0.481 e. The fourth-order valence-corrected chi connectivity index (χ4v) is 1.99. The van der Waals surface area contributed by atoms with Crippen LogP contribution in [-0.2, 0) is 0 Å². The van der Waals surface area contributed by atoms with Gasteiger partial charge in [0.2, 0.25) is 0 Å². The lowest BCUT2D eigenvalue weighted by molar-refractivity contribution is -0.0509. The second kappa shape index (κ2) is 4.52. The molecule has 90 valence electrons. The van der Waals surface area contributed by atoms with E-state index in [4.69, 9.17) is 15.2 Å². The lowest BCUT2D eigenvalue weighted by atomic mass is 9.94. The van der Waals surface area contributed by atoms with Crippen LogP contribution in [0.25, 0.3) is 0 Å². The molecule has 16 heavy (non-hydrogen) atoms. The molecule has 2 atom stereocenters. The molecule has 0 amide bonds. The van der Waals surface area contributed by atoms with E-state index in [-0.39, 0.29) is 30.2 Å². The van der Waals surface area contributed by atoms with Gasteiger partial charge in [-0.05, 0) is 32.9 Å². The predicted molar refractivity (Wildman–Crippen MR) is 66.5 cm³/mol. The average Bonchev–Trinajstić information content (AvgIpc) is 2.14. The number of rotatable bonds is 1. The van der Waals surface area contributed by atoms with Crippen LogP contribution in [0.5, 0.6) is 11.5 Å². The summed E-state index contributed by atoms with van der Waals surface area (Å²) in [6.45, 7) is 5.93. The van der Waals surface area contributed by atoms with Crippen LogP contribution < -0.4 is 15.2 Å². The second-order valence-electron chi connectivity index (χ2n) is 4.55. The molecule has 3 nitrogen and oxygen atoms in total. The van der Waals surface area contributed by atoms with Crippen molar-refractivity contribution in [2.75, 3.05) is 0 Å². The first-order valence-electron chi connectivity index (χ1n) is 5.21. The van der Waals surface area contributed by atoms with Crippen molar-refractivity contribution >= 4 is 12.4 Å². The van der Waals surface area contributed by atoms with Gasteiger partial charge in [0.15, 0.2) is 17.6 Å². The fourth-order valence-electron chi connectivity index (χ4n) is 1.99. The number of ether oxygens (including phenoxy) is 2. The molecule has 1 aliphatic rings. The zero-order valence-corrected chi connectivity index (χ0v) is 10.6. The third-order valence-electron chi connectivity index (χ3n) is 2.64. The standard InChI is InChI=1S/C12H17NO2.ClH/c1-8(13)11-12(2,3)15-10-7-5-4-6-9(10)14-11;/h4-8,11H,13H2,1-3H3;1H. The second-order valence-corrected chi connectivity index (χ2v) is 4.55. The number of para-hydroxylation sites is 2. The molecule has 2 unspecified atom stereocenters. The zero-order chi connectivity index (χ0) is 11.1. The first-order chi connectivity index (χ1) is 7.00. The van der Waals surface area contributed by atoms with Crippen LogP contribution in [0.4, 0.5) is 0 Å². The van der Waals surface area contributed by atoms with E-state index in [0.29, 0.717) is 0 Å². The monoisotopic (exact) mass is 243 g/mol. The summed E-state index contributed by atoms with van der Waals surface area (Å²) in [5.41, 5.74) is 5.51. The van der Waals surface area contributed by atoms with E-state index in [2.05, 4.69) is 0 Å². The van der Waals surface area contributed by atoms with E-state index in [9.17, 15) is 0 Å². The molecule has 0 aromatic heterocycles. The Hall–Kier alpha value is -0.930. The number of halogens is 1. The Morgan fingerprint density at radius 2 is 1.81 bits per heavy atom. The molecule has 0 saturated heterocycles. The Labute approximate surface area is 102 Å². The van der Waals surface area contributed by atoms with Crippen LogP contribution in [0.2, 0.25) is 0 Å². The Balaban J connectivity index is 0.00000128. The molecule has 2 rings (SSSR count). The van der Waals surface area contributed by atoms with Crippen LogP contribution in [-0.4, -0.2) is 17.7 Å². The summed E-state index contributed by atoms with van der Waals surface area (Å²) in [7, 11) is 0. The summed E-state index contributed by atoms with van der Waals surface area (Å²) in [6, 6.07) is 7.62. The van der Waals surface area contributed by atoms with Gasteiger partial charge in [-0.25, -0.2) is 0 Å². The predicted octanol–water partition coefficient (Wildman–Crippen LogP) is 2.37. The molecule has 0 saturated carbocycles. The van der Waals surface area contributed by atoms with E-state index >= 15 is 0 Å². The largest absolute Gasteiger partial charge is 0.481 e. The normalized spacial score (nSPS) is 23.1. The molecule has 0 fully saturated rings. The van der Waals surface area contributed by atoms with Gasteiger partial charge in [-0.2, -0.15) is 0 Å². The number of hydrogen-bond donors (Lipinski definition) is 1. The van der Waals surface area contributed by atoms with E-state index in [1.54, 1.807) is 0 Å². The van der Waals surface area contributed by atoms with Crippen LogP contribution >= 0.6 is 12.4 Å². The van der Waals surface area contributed by atoms with Crippen LogP contribution in [0.15, 0.2) is 24.3 Å². The minimum absolute atomic E-state index is 0. The SMILES string of the molecule is CC(N)C1Oc2ccccc2OC1(C)C.Cl. The van der Waals surface area contributed by atoms with Gasteiger partial charge in [0.1, 0.15) is 5.60 Å². The quantitative estimate of drug-likeness (QED) is 0.824. The highest BCUT2D eigenvalue weighted by molar-refractivity contribution is 5.85. The molecule has 4 heteroatoms. The van der Waals surface area contributed by atoms with Gasteiger partial charge in [0.25, 0.3) is 0 Å². The van der Waals surface area contributed by atoms with Gasteiger partial charge < -0.3 is 15.2 Å². The molecule has 0 bridgehead atoms. The van der Waals surface area contributed by atoms with Crippen molar-refractivity contribution in [3.8, 4) is 11.5 Å². The summed E-state index contributed by atoms with van der Waals surface area (Å²) in [5, 5.41) is 0. The Bertz CT molecular complexity index is 366. The van der Waals surface area contributed by atoms with Crippen LogP contribution in [0.3, 0.4) is 0 Å². The molecule has 0 radical (unpaired) electrons. The van der Waals surface area contributed by atoms with Crippen LogP contribution in [0.1, 0.15) is 20.8 Å². The molecule has 0 spiro atoms. The fraction of sp³-hybridized carbons (Fsp3) is 0.500. The Morgan fingerprint density at radius 3 is 2.38 bits per heavy atom. The van der Waals surface area contributed by atoms with Crippen molar-refractivity contribution in [3.05, 3.63) is 24.3 Å². The van der Waals surface area contributed by atoms with Crippen molar-refractivity contribution in [3.63, 3.8) is 0 Å². The first kappa shape index (κ1) is 13.1. The maximum atomic E-state index is 5.89. The number of benzene rings is 1. The first-order valence-corrected chi connectivity index (χ1v) is 5.21. The smallest absolute Gasteiger partial charge is 0.162 e. The molecule has 1 aliphatic heterocycles. The van der Waals surface area contributed by atoms with Crippen LogP contribution in [0, 0.1) is 0 Å². The van der Waals surface area contributed by atoms with Gasteiger partial charge in [0.05, 0.1) is 0 Å². The van der Waals surface area contributed by atoms with Gasteiger partial charge in [-0.1, -0.05) is 12.1 Å².